The summed E-state index contributed by atoms with van der Waals surface area (Å²) in [4.78, 5) is 0.283. The van der Waals surface area contributed by atoms with Gasteiger partial charge >= 0.3 is 0 Å². The molecule has 5 heteroatoms. The minimum absolute atomic E-state index is 0.283. The molecule has 84 valence electrons. The summed E-state index contributed by atoms with van der Waals surface area (Å²) in [7, 11) is 1.23. The van der Waals surface area contributed by atoms with E-state index in [1.807, 2.05) is 6.92 Å². The van der Waals surface area contributed by atoms with Crippen LogP contribution in [-0.2, 0) is 10.0 Å². The summed E-state index contributed by atoms with van der Waals surface area (Å²) in [6, 6.07) is 4.81. The number of rotatable bonds is 3. The van der Waals surface area contributed by atoms with Gasteiger partial charge in [0.2, 0.25) is 10.0 Å². The lowest BCUT2D eigenvalue weighted by atomic mass is 10.2. The molecular formula is C10H15NO3S. The van der Waals surface area contributed by atoms with Crippen molar-refractivity contribution in [2.75, 3.05) is 21.2 Å². The zero-order valence-corrected chi connectivity index (χ0v) is 10.1. The van der Waals surface area contributed by atoms with Crippen molar-refractivity contribution in [2.24, 2.45) is 0 Å². The molecule has 0 radical (unpaired) electrons. The van der Waals surface area contributed by atoms with Crippen LogP contribution in [0.25, 0.3) is 0 Å². The van der Waals surface area contributed by atoms with Gasteiger partial charge in [-0.05, 0) is 30.7 Å². The van der Waals surface area contributed by atoms with Crippen molar-refractivity contribution in [3.05, 3.63) is 23.8 Å². The van der Waals surface area contributed by atoms with Gasteiger partial charge in [0.15, 0.2) is 0 Å². The number of nitrogens with zero attached hydrogens (tertiary/aromatic N) is 1. The highest BCUT2D eigenvalue weighted by atomic mass is 32.2. The minimum atomic E-state index is -3.35. The highest BCUT2D eigenvalue weighted by molar-refractivity contribution is 7.89. The molecule has 0 spiro atoms. The third-order valence-electron chi connectivity index (χ3n) is 2.14. The summed E-state index contributed by atoms with van der Waals surface area (Å²) < 4.78 is 29.8. The first-order chi connectivity index (χ1) is 6.89. The number of ether oxygens (including phenoxy) is 1. The molecule has 0 bridgehead atoms. The Morgan fingerprint density at radius 2 is 1.87 bits per heavy atom. The fourth-order valence-electron chi connectivity index (χ4n) is 1.22. The van der Waals surface area contributed by atoms with Crippen molar-refractivity contribution in [1.29, 1.82) is 0 Å². The fourth-order valence-corrected chi connectivity index (χ4v) is 2.21. The van der Waals surface area contributed by atoms with Crippen molar-refractivity contribution in [1.82, 2.24) is 4.31 Å². The molecule has 0 aromatic heterocycles. The molecule has 0 aliphatic carbocycles. The number of aryl methyl sites for hydroxylation is 1. The lowest BCUT2D eigenvalue weighted by Gasteiger charge is -2.12. The van der Waals surface area contributed by atoms with E-state index in [1.54, 1.807) is 25.3 Å². The SMILES string of the molecule is COc1ccc(S(=O)(=O)N(C)C)cc1C. The van der Waals surface area contributed by atoms with Crippen LogP contribution >= 0.6 is 0 Å². The van der Waals surface area contributed by atoms with Gasteiger partial charge in [-0.25, -0.2) is 12.7 Å². The molecule has 0 aliphatic heterocycles. The maximum atomic E-state index is 11.8. The molecule has 1 rings (SSSR count). The van der Waals surface area contributed by atoms with Gasteiger partial charge in [-0.15, -0.1) is 0 Å². The summed E-state index contributed by atoms with van der Waals surface area (Å²) in [5, 5.41) is 0. The van der Waals surface area contributed by atoms with Crippen LogP contribution in [0.1, 0.15) is 5.56 Å². The number of hydrogen-bond acceptors (Lipinski definition) is 3. The van der Waals surface area contributed by atoms with Crippen LogP contribution in [0.3, 0.4) is 0 Å². The van der Waals surface area contributed by atoms with E-state index in [4.69, 9.17) is 4.74 Å². The van der Waals surface area contributed by atoms with Crippen molar-refractivity contribution in [3.63, 3.8) is 0 Å². The van der Waals surface area contributed by atoms with Crippen LogP contribution in [-0.4, -0.2) is 33.9 Å². The van der Waals surface area contributed by atoms with Gasteiger partial charge in [0.1, 0.15) is 5.75 Å². The van der Waals surface area contributed by atoms with Crippen molar-refractivity contribution < 1.29 is 13.2 Å². The maximum absolute atomic E-state index is 11.8. The van der Waals surface area contributed by atoms with Crippen LogP contribution < -0.4 is 4.74 Å². The Balaban J connectivity index is 3.25. The van der Waals surface area contributed by atoms with Gasteiger partial charge < -0.3 is 4.74 Å². The van der Waals surface area contributed by atoms with E-state index in [9.17, 15) is 8.42 Å². The molecule has 0 amide bonds. The van der Waals surface area contributed by atoms with Gasteiger partial charge in [0, 0.05) is 14.1 Å². The topological polar surface area (TPSA) is 46.6 Å². The Morgan fingerprint density at radius 3 is 2.27 bits per heavy atom. The summed E-state index contributed by atoms with van der Waals surface area (Å²) in [5.41, 5.74) is 0.806. The van der Waals surface area contributed by atoms with E-state index >= 15 is 0 Å². The maximum Gasteiger partial charge on any atom is 0.242 e. The lowest BCUT2D eigenvalue weighted by molar-refractivity contribution is 0.411. The smallest absolute Gasteiger partial charge is 0.242 e. The van der Waals surface area contributed by atoms with Crippen LogP contribution in [0, 0.1) is 6.92 Å². The van der Waals surface area contributed by atoms with Crippen LogP contribution in [0.2, 0.25) is 0 Å². The Labute approximate surface area is 90.5 Å². The largest absolute Gasteiger partial charge is 0.496 e. The van der Waals surface area contributed by atoms with Crippen molar-refractivity contribution in [2.45, 2.75) is 11.8 Å². The first-order valence-electron chi connectivity index (χ1n) is 4.46. The van der Waals surface area contributed by atoms with Crippen LogP contribution in [0.4, 0.5) is 0 Å². The van der Waals surface area contributed by atoms with E-state index in [0.717, 1.165) is 5.56 Å². The molecule has 0 atom stereocenters. The molecule has 0 aliphatic rings. The predicted molar refractivity (Wildman–Crippen MR) is 58.6 cm³/mol. The Morgan fingerprint density at radius 1 is 1.27 bits per heavy atom. The highest BCUT2D eigenvalue weighted by Gasteiger charge is 2.17. The Bertz CT molecular complexity index is 452. The second kappa shape index (κ2) is 4.20. The summed E-state index contributed by atoms with van der Waals surface area (Å²) in [5.74, 6) is 0.688. The molecule has 1 aromatic carbocycles. The monoisotopic (exact) mass is 229 g/mol. The zero-order chi connectivity index (χ0) is 11.6. The van der Waals surface area contributed by atoms with Gasteiger partial charge in [0.25, 0.3) is 0 Å². The molecule has 0 heterocycles. The number of hydrogen-bond donors (Lipinski definition) is 0. The molecule has 0 fully saturated rings. The van der Waals surface area contributed by atoms with Crippen LogP contribution in [0.15, 0.2) is 23.1 Å². The lowest BCUT2D eigenvalue weighted by Crippen LogP contribution is -2.22. The normalized spacial score (nSPS) is 11.8. The zero-order valence-electron chi connectivity index (χ0n) is 9.31. The molecule has 0 saturated carbocycles. The van der Waals surface area contributed by atoms with Crippen molar-refractivity contribution in [3.8, 4) is 5.75 Å². The van der Waals surface area contributed by atoms with Crippen LogP contribution in [0.5, 0.6) is 5.75 Å². The third-order valence-corrected chi connectivity index (χ3v) is 3.96. The first-order valence-corrected chi connectivity index (χ1v) is 5.90. The average molecular weight is 229 g/mol. The van der Waals surface area contributed by atoms with Gasteiger partial charge in [-0.3, -0.25) is 0 Å². The average Bonchev–Trinajstić information content (AvgIpc) is 2.17. The molecule has 0 unspecified atom stereocenters. The minimum Gasteiger partial charge on any atom is -0.496 e. The molecule has 0 N–H and O–H groups in total. The second-order valence-electron chi connectivity index (χ2n) is 3.42. The summed E-state index contributed by atoms with van der Waals surface area (Å²) in [6.07, 6.45) is 0. The molecule has 0 saturated heterocycles. The quantitative estimate of drug-likeness (QED) is 0.783. The van der Waals surface area contributed by atoms with E-state index in [2.05, 4.69) is 0 Å². The third kappa shape index (κ3) is 2.30. The fraction of sp³-hybridized carbons (Fsp3) is 0.400. The van der Waals surface area contributed by atoms with E-state index in [1.165, 1.54) is 18.4 Å². The van der Waals surface area contributed by atoms with E-state index < -0.39 is 10.0 Å². The Kier molecular flexibility index (Phi) is 3.36. The highest BCUT2D eigenvalue weighted by Crippen LogP contribution is 2.22. The molecule has 15 heavy (non-hydrogen) atoms. The van der Waals surface area contributed by atoms with Gasteiger partial charge in [-0.1, -0.05) is 0 Å². The summed E-state index contributed by atoms with van der Waals surface area (Å²) in [6.45, 7) is 1.81. The number of benzene rings is 1. The summed E-state index contributed by atoms with van der Waals surface area (Å²) >= 11 is 0. The molecular weight excluding hydrogens is 214 g/mol. The second-order valence-corrected chi connectivity index (χ2v) is 5.57. The van der Waals surface area contributed by atoms with E-state index in [-0.39, 0.29) is 4.90 Å². The van der Waals surface area contributed by atoms with E-state index in [0.29, 0.717) is 5.75 Å². The van der Waals surface area contributed by atoms with Crippen molar-refractivity contribution >= 4 is 10.0 Å². The Hall–Kier alpha value is -1.07. The van der Waals surface area contributed by atoms with Gasteiger partial charge in [0.05, 0.1) is 12.0 Å². The first kappa shape index (κ1) is 12.0. The number of sulfonamides is 1. The van der Waals surface area contributed by atoms with Gasteiger partial charge in [-0.2, -0.15) is 0 Å². The molecule has 4 nitrogen and oxygen atoms in total. The standard InChI is InChI=1S/C10H15NO3S/c1-8-7-9(5-6-10(8)14-4)15(12,13)11(2)3/h5-7H,1-4H3. The number of methoxy groups -OCH3 is 1. The molecule has 1 aromatic rings. The predicted octanol–water partition coefficient (Wildman–Crippen LogP) is 1.25.